The van der Waals surface area contributed by atoms with Gasteiger partial charge >= 0.3 is 0 Å². The Morgan fingerprint density at radius 1 is 1.39 bits per heavy atom. The lowest BCUT2D eigenvalue weighted by Crippen LogP contribution is -2.52. The van der Waals surface area contributed by atoms with Gasteiger partial charge in [-0.3, -0.25) is 9.59 Å². The molecule has 0 saturated carbocycles. The molecule has 18 heavy (non-hydrogen) atoms. The van der Waals surface area contributed by atoms with E-state index in [0.29, 0.717) is 11.2 Å². The van der Waals surface area contributed by atoms with E-state index in [-0.39, 0.29) is 11.8 Å². The molecule has 1 rings (SSSR count). The molecule has 1 fully saturated rings. The maximum absolute atomic E-state index is 12.2. The summed E-state index contributed by atoms with van der Waals surface area (Å²) in [6.07, 6.45) is 3.22. The maximum Gasteiger partial charge on any atom is 0.245 e. The van der Waals surface area contributed by atoms with Crippen molar-refractivity contribution in [1.29, 1.82) is 0 Å². The summed E-state index contributed by atoms with van der Waals surface area (Å²) in [5, 5.41) is 2.65. The van der Waals surface area contributed by atoms with Gasteiger partial charge in [-0.15, -0.1) is 0 Å². The highest BCUT2D eigenvalue weighted by atomic mass is 32.1. The van der Waals surface area contributed by atoms with Crippen molar-refractivity contribution in [3.63, 3.8) is 0 Å². The molecule has 1 unspecified atom stereocenters. The lowest BCUT2D eigenvalue weighted by atomic mass is 9.78. The lowest BCUT2D eigenvalue weighted by Gasteiger charge is -2.40. The maximum atomic E-state index is 12.2. The van der Waals surface area contributed by atoms with Gasteiger partial charge < -0.3 is 10.2 Å². The summed E-state index contributed by atoms with van der Waals surface area (Å²) in [5.41, 5.74) is 0.362. The standard InChI is InChI=1S/C13H24N2O2S/c1-4-13(3)5-7-15(8-6-13)12(17)11(9-18)14-10(2)16/h11,18H,4-9H2,1-3H3,(H,14,16). The van der Waals surface area contributed by atoms with Crippen molar-refractivity contribution in [2.24, 2.45) is 5.41 Å². The Labute approximate surface area is 115 Å². The predicted molar refractivity (Wildman–Crippen MR) is 75.7 cm³/mol. The largest absolute Gasteiger partial charge is 0.344 e. The van der Waals surface area contributed by atoms with Gasteiger partial charge in [-0.05, 0) is 18.3 Å². The van der Waals surface area contributed by atoms with Crippen LogP contribution in [-0.2, 0) is 9.59 Å². The minimum absolute atomic E-state index is 0.00152. The fourth-order valence-electron chi connectivity index (χ4n) is 2.27. The van der Waals surface area contributed by atoms with E-state index >= 15 is 0 Å². The monoisotopic (exact) mass is 272 g/mol. The van der Waals surface area contributed by atoms with Crippen LogP contribution in [0.25, 0.3) is 0 Å². The normalized spacial score (nSPS) is 20.3. The van der Waals surface area contributed by atoms with Gasteiger partial charge in [0.2, 0.25) is 11.8 Å². The summed E-state index contributed by atoms with van der Waals surface area (Å²) in [5.74, 6) is 0.163. The summed E-state index contributed by atoms with van der Waals surface area (Å²) < 4.78 is 0. The second kappa shape index (κ2) is 6.45. The molecule has 104 valence electrons. The third kappa shape index (κ3) is 3.90. The molecule has 0 aromatic carbocycles. The first-order chi connectivity index (χ1) is 8.41. The average molecular weight is 272 g/mol. The Hall–Kier alpha value is -0.710. The smallest absolute Gasteiger partial charge is 0.245 e. The van der Waals surface area contributed by atoms with Crippen molar-refractivity contribution in [2.45, 2.75) is 46.1 Å². The minimum atomic E-state index is -0.489. The number of carbonyl (C=O) groups excluding carboxylic acids is 2. The molecule has 0 radical (unpaired) electrons. The molecule has 2 amide bonds. The summed E-state index contributed by atoms with van der Waals surface area (Å²) >= 11 is 4.14. The SMILES string of the molecule is CCC1(C)CCN(C(=O)C(CS)NC(C)=O)CC1. The Morgan fingerprint density at radius 3 is 2.33 bits per heavy atom. The molecule has 0 spiro atoms. The van der Waals surface area contributed by atoms with Gasteiger partial charge in [-0.25, -0.2) is 0 Å². The zero-order chi connectivity index (χ0) is 13.8. The Bertz CT molecular complexity index is 312. The lowest BCUT2D eigenvalue weighted by molar-refractivity contribution is -0.137. The molecule has 0 aromatic rings. The van der Waals surface area contributed by atoms with Crippen LogP contribution in [0.4, 0.5) is 0 Å². The molecule has 5 heteroatoms. The number of nitrogens with zero attached hydrogens (tertiary/aromatic N) is 1. The van der Waals surface area contributed by atoms with E-state index in [1.54, 1.807) is 0 Å². The highest BCUT2D eigenvalue weighted by molar-refractivity contribution is 7.80. The number of likely N-dealkylation sites (tertiary alicyclic amines) is 1. The van der Waals surface area contributed by atoms with E-state index in [9.17, 15) is 9.59 Å². The molecule has 4 nitrogen and oxygen atoms in total. The average Bonchev–Trinajstić information content (AvgIpc) is 2.36. The second-order valence-corrected chi connectivity index (χ2v) is 5.79. The first kappa shape index (κ1) is 15.3. The quantitative estimate of drug-likeness (QED) is 0.761. The van der Waals surface area contributed by atoms with Gasteiger partial charge in [-0.2, -0.15) is 12.6 Å². The molecule has 1 saturated heterocycles. The van der Waals surface area contributed by atoms with Gasteiger partial charge in [0, 0.05) is 25.8 Å². The van der Waals surface area contributed by atoms with E-state index in [1.165, 1.54) is 6.92 Å². The van der Waals surface area contributed by atoms with Crippen LogP contribution >= 0.6 is 12.6 Å². The number of rotatable bonds is 4. The number of carbonyl (C=O) groups is 2. The highest BCUT2D eigenvalue weighted by Crippen LogP contribution is 2.33. The van der Waals surface area contributed by atoms with Crippen LogP contribution in [0.2, 0.25) is 0 Å². The van der Waals surface area contributed by atoms with E-state index in [2.05, 4.69) is 31.8 Å². The van der Waals surface area contributed by atoms with E-state index in [4.69, 9.17) is 0 Å². The molecular weight excluding hydrogens is 248 g/mol. The van der Waals surface area contributed by atoms with Crippen LogP contribution < -0.4 is 5.32 Å². The third-order valence-corrected chi connectivity index (χ3v) is 4.36. The van der Waals surface area contributed by atoms with Gasteiger partial charge in [-0.1, -0.05) is 20.3 Å². The van der Waals surface area contributed by atoms with Crippen LogP contribution in [0.5, 0.6) is 0 Å². The number of amides is 2. The molecule has 0 aliphatic carbocycles. The molecule has 1 heterocycles. The minimum Gasteiger partial charge on any atom is -0.344 e. The van der Waals surface area contributed by atoms with Crippen LogP contribution in [0.15, 0.2) is 0 Å². The number of hydrogen-bond donors (Lipinski definition) is 2. The van der Waals surface area contributed by atoms with Crippen molar-refractivity contribution in [2.75, 3.05) is 18.8 Å². The fourth-order valence-corrected chi connectivity index (χ4v) is 2.52. The number of nitrogens with one attached hydrogen (secondary N) is 1. The fraction of sp³-hybridized carbons (Fsp3) is 0.846. The summed E-state index contributed by atoms with van der Waals surface area (Å²) in [4.78, 5) is 25.1. The Morgan fingerprint density at radius 2 is 1.94 bits per heavy atom. The summed E-state index contributed by atoms with van der Waals surface area (Å²) in [6.45, 7) is 7.47. The molecule has 1 aliphatic heterocycles. The third-order valence-electron chi connectivity index (χ3n) is 3.99. The van der Waals surface area contributed by atoms with Crippen molar-refractivity contribution >= 4 is 24.4 Å². The molecule has 1 N–H and O–H groups in total. The number of piperidine rings is 1. The number of hydrogen-bond acceptors (Lipinski definition) is 3. The van der Waals surface area contributed by atoms with E-state index in [0.717, 1.165) is 32.4 Å². The summed E-state index contributed by atoms with van der Waals surface area (Å²) in [7, 11) is 0. The topological polar surface area (TPSA) is 49.4 Å². The first-order valence-corrected chi connectivity index (χ1v) is 7.22. The van der Waals surface area contributed by atoms with E-state index < -0.39 is 6.04 Å². The number of thiol groups is 1. The van der Waals surface area contributed by atoms with Crippen molar-refractivity contribution in [3.05, 3.63) is 0 Å². The molecule has 0 aromatic heterocycles. The van der Waals surface area contributed by atoms with Crippen LogP contribution in [0.3, 0.4) is 0 Å². The zero-order valence-electron chi connectivity index (χ0n) is 11.5. The van der Waals surface area contributed by atoms with Gasteiger partial charge in [0.15, 0.2) is 0 Å². The van der Waals surface area contributed by atoms with Crippen LogP contribution in [0.1, 0.15) is 40.0 Å². The van der Waals surface area contributed by atoms with Crippen LogP contribution in [0, 0.1) is 5.41 Å². The Kier molecular flexibility index (Phi) is 5.50. The molecule has 1 aliphatic rings. The summed E-state index contributed by atoms with van der Waals surface area (Å²) in [6, 6.07) is -0.489. The van der Waals surface area contributed by atoms with Gasteiger partial charge in [0.05, 0.1) is 0 Å². The van der Waals surface area contributed by atoms with Crippen molar-refractivity contribution < 1.29 is 9.59 Å². The molecule has 0 bridgehead atoms. The molecular formula is C13H24N2O2S. The zero-order valence-corrected chi connectivity index (χ0v) is 12.4. The molecule has 1 atom stereocenters. The van der Waals surface area contributed by atoms with Gasteiger partial charge in [0.1, 0.15) is 6.04 Å². The van der Waals surface area contributed by atoms with Crippen molar-refractivity contribution in [1.82, 2.24) is 10.2 Å². The van der Waals surface area contributed by atoms with E-state index in [1.807, 2.05) is 4.90 Å². The predicted octanol–water partition coefficient (Wildman–Crippen LogP) is 1.46. The highest BCUT2D eigenvalue weighted by Gasteiger charge is 2.32. The Balaban J connectivity index is 2.55. The van der Waals surface area contributed by atoms with Gasteiger partial charge in [0.25, 0.3) is 0 Å². The van der Waals surface area contributed by atoms with Crippen molar-refractivity contribution in [3.8, 4) is 0 Å². The first-order valence-electron chi connectivity index (χ1n) is 6.58. The van der Waals surface area contributed by atoms with Crippen LogP contribution in [-0.4, -0.2) is 41.6 Å². The second-order valence-electron chi connectivity index (χ2n) is 5.43.